The van der Waals surface area contributed by atoms with Gasteiger partial charge >= 0.3 is 5.97 Å². The summed E-state index contributed by atoms with van der Waals surface area (Å²) >= 11 is 0. The van der Waals surface area contributed by atoms with E-state index in [1.807, 2.05) is 24.3 Å². The lowest BCUT2D eigenvalue weighted by atomic mass is 9.77. The van der Waals surface area contributed by atoms with Gasteiger partial charge < -0.3 is 14.2 Å². The Morgan fingerprint density at radius 1 is 1.20 bits per heavy atom. The van der Waals surface area contributed by atoms with Gasteiger partial charge in [0.25, 0.3) is 0 Å². The Balaban J connectivity index is 1.95. The maximum Gasteiger partial charge on any atom is 0.309 e. The first-order valence-corrected chi connectivity index (χ1v) is 7.01. The molecule has 1 aliphatic carbocycles. The highest BCUT2D eigenvalue weighted by Crippen LogP contribution is 2.39. The first-order valence-electron chi connectivity index (χ1n) is 7.01. The minimum atomic E-state index is -0.360. The standard InChI is InChI=1S/C16H22O4/c1-18-11-8-13-4-6-14(7-5-13)20-16(9-3-10-16)12-15(17)19-2/h4-7H,3,8-12H2,1-2H3. The van der Waals surface area contributed by atoms with Crippen molar-refractivity contribution in [1.29, 1.82) is 0 Å². The fraction of sp³-hybridized carbons (Fsp3) is 0.562. The van der Waals surface area contributed by atoms with Crippen LogP contribution in [0, 0.1) is 0 Å². The second-order valence-electron chi connectivity index (χ2n) is 5.28. The summed E-state index contributed by atoms with van der Waals surface area (Å²) in [6.45, 7) is 0.715. The van der Waals surface area contributed by atoms with Gasteiger partial charge in [-0.1, -0.05) is 12.1 Å². The third kappa shape index (κ3) is 3.73. The number of rotatable bonds is 7. The van der Waals surface area contributed by atoms with Gasteiger partial charge in [-0.15, -0.1) is 0 Å². The number of hydrogen-bond donors (Lipinski definition) is 0. The summed E-state index contributed by atoms with van der Waals surface area (Å²) in [5.41, 5.74) is 0.857. The lowest BCUT2D eigenvalue weighted by Gasteiger charge is -2.41. The average Bonchev–Trinajstić information content (AvgIpc) is 2.44. The number of esters is 1. The molecule has 20 heavy (non-hydrogen) atoms. The van der Waals surface area contributed by atoms with Crippen molar-refractivity contribution in [1.82, 2.24) is 0 Å². The Kier molecular flexibility index (Phi) is 5.01. The van der Waals surface area contributed by atoms with Crippen LogP contribution >= 0.6 is 0 Å². The van der Waals surface area contributed by atoms with Crippen LogP contribution in [0.5, 0.6) is 5.75 Å². The van der Waals surface area contributed by atoms with Crippen LogP contribution in [0.3, 0.4) is 0 Å². The van der Waals surface area contributed by atoms with E-state index in [4.69, 9.17) is 14.2 Å². The number of hydrogen-bond acceptors (Lipinski definition) is 4. The molecule has 0 amide bonds. The molecule has 1 aliphatic rings. The third-order valence-corrected chi connectivity index (χ3v) is 3.81. The van der Waals surface area contributed by atoms with Gasteiger partial charge in [0.05, 0.1) is 20.1 Å². The van der Waals surface area contributed by atoms with E-state index in [1.54, 1.807) is 7.11 Å². The largest absolute Gasteiger partial charge is 0.487 e. The molecule has 0 heterocycles. The molecular formula is C16H22O4. The van der Waals surface area contributed by atoms with E-state index in [0.717, 1.165) is 31.4 Å². The van der Waals surface area contributed by atoms with E-state index in [1.165, 1.54) is 12.7 Å². The number of ether oxygens (including phenoxy) is 3. The summed E-state index contributed by atoms with van der Waals surface area (Å²) in [4.78, 5) is 11.5. The molecule has 0 radical (unpaired) electrons. The van der Waals surface area contributed by atoms with Crippen LogP contribution in [0.25, 0.3) is 0 Å². The minimum Gasteiger partial charge on any atom is -0.487 e. The predicted octanol–water partition coefficient (Wildman–Crippen LogP) is 2.74. The first-order chi connectivity index (χ1) is 9.67. The van der Waals surface area contributed by atoms with Crippen molar-refractivity contribution < 1.29 is 19.0 Å². The average molecular weight is 278 g/mol. The minimum absolute atomic E-state index is 0.207. The molecule has 1 aromatic carbocycles. The van der Waals surface area contributed by atoms with Gasteiger partial charge in [-0.05, 0) is 43.4 Å². The number of benzene rings is 1. The zero-order chi connectivity index (χ0) is 14.4. The number of carbonyl (C=O) groups excluding carboxylic acids is 1. The second-order valence-corrected chi connectivity index (χ2v) is 5.28. The van der Waals surface area contributed by atoms with Crippen LogP contribution in [0.2, 0.25) is 0 Å². The van der Waals surface area contributed by atoms with Crippen LogP contribution in [-0.4, -0.2) is 32.4 Å². The Hall–Kier alpha value is -1.55. The zero-order valence-electron chi connectivity index (χ0n) is 12.2. The van der Waals surface area contributed by atoms with Crippen molar-refractivity contribution in [2.75, 3.05) is 20.8 Å². The smallest absolute Gasteiger partial charge is 0.309 e. The zero-order valence-corrected chi connectivity index (χ0v) is 12.2. The molecule has 4 heteroatoms. The molecule has 1 aromatic rings. The third-order valence-electron chi connectivity index (χ3n) is 3.81. The molecule has 1 fully saturated rings. The maximum absolute atomic E-state index is 11.5. The van der Waals surface area contributed by atoms with E-state index >= 15 is 0 Å². The van der Waals surface area contributed by atoms with E-state index < -0.39 is 0 Å². The van der Waals surface area contributed by atoms with Gasteiger partial charge in [0.1, 0.15) is 11.4 Å². The van der Waals surface area contributed by atoms with Crippen LogP contribution < -0.4 is 4.74 Å². The Morgan fingerprint density at radius 3 is 2.40 bits per heavy atom. The summed E-state index contributed by atoms with van der Waals surface area (Å²) in [5, 5.41) is 0. The van der Waals surface area contributed by atoms with Crippen LogP contribution in [-0.2, 0) is 20.7 Å². The summed E-state index contributed by atoms with van der Waals surface area (Å²) in [7, 11) is 3.12. The molecular weight excluding hydrogens is 256 g/mol. The van der Waals surface area contributed by atoms with Crippen molar-refractivity contribution in [3.05, 3.63) is 29.8 Å². The summed E-state index contributed by atoms with van der Waals surface area (Å²) in [6.07, 6.45) is 4.14. The van der Waals surface area contributed by atoms with Crippen LogP contribution in [0.4, 0.5) is 0 Å². The molecule has 2 rings (SSSR count). The van der Waals surface area contributed by atoms with Gasteiger partial charge in [0, 0.05) is 7.11 Å². The highest BCUT2D eigenvalue weighted by molar-refractivity contribution is 5.70. The monoisotopic (exact) mass is 278 g/mol. The van der Waals surface area contributed by atoms with E-state index in [0.29, 0.717) is 13.0 Å². The molecule has 0 aromatic heterocycles. The quantitative estimate of drug-likeness (QED) is 0.719. The number of methoxy groups -OCH3 is 2. The van der Waals surface area contributed by atoms with Gasteiger partial charge in [-0.25, -0.2) is 0 Å². The molecule has 110 valence electrons. The lowest BCUT2D eigenvalue weighted by Crippen LogP contribution is -2.45. The summed E-state index contributed by atoms with van der Waals surface area (Å²) < 4.78 is 15.8. The molecule has 0 saturated heterocycles. The van der Waals surface area contributed by atoms with Crippen LogP contribution in [0.1, 0.15) is 31.2 Å². The molecule has 0 N–H and O–H groups in total. The van der Waals surface area contributed by atoms with E-state index in [9.17, 15) is 4.79 Å². The SMILES string of the molecule is COCCc1ccc(OC2(CC(=O)OC)CCC2)cc1. The molecule has 0 unspecified atom stereocenters. The normalized spacial score (nSPS) is 16.3. The molecule has 1 saturated carbocycles. The summed E-state index contributed by atoms with van der Waals surface area (Å²) in [5.74, 6) is 0.608. The highest BCUT2D eigenvalue weighted by Gasteiger charge is 2.41. The fourth-order valence-electron chi connectivity index (χ4n) is 2.42. The Labute approximate surface area is 120 Å². The van der Waals surface area contributed by atoms with Crippen molar-refractivity contribution in [3.8, 4) is 5.75 Å². The Bertz CT molecular complexity index is 434. The highest BCUT2D eigenvalue weighted by atomic mass is 16.5. The molecule has 0 aliphatic heterocycles. The topological polar surface area (TPSA) is 44.8 Å². The lowest BCUT2D eigenvalue weighted by molar-refractivity contribution is -0.148. The van der Waals surface area contributed by atoms with Gasteiger partial charge in [-0.3, -0.25) is 4.79 Å². The van der Waals surface area contributed by atoms with E-state index in [2.05, 4.69) is 0 Å². The molecule has 0 bridgehead atoms. The summed E-state index contributed by atoms with van der Waals surface area (Å²) in [6, 6.07) is 8.00. The fourth-order valence-corrected chi connectivity index (χ4v) is 2.42. The van der Waals surface area contributed by atoms with Gasteiger partial charge in [0.15, 0.2) is 0 Å². The van der Waals surface area contributed by atoms with Gasteiger partial charge in [0.2, 0.25) is 0 Å². The maximum atomic E-state index is 11.5. The molecule has 4 nitrogen and oxygen atoms in total. The Morgan fingerprint density at radius 2 is 1.90 bits per heavy atom. The predicted molar refractivity (Wildman–Crippen MR) is 75.9 cm³/mol. The first kappa shape index (κ1) is 14.9. The van der Waals surface area contributed by atoms with Crippen molar-refractivity contribution in [2.24, 2.45) is 0 Å². The second kappa shape index (κ2) is 6.75. The molecule has 0 atom stereocenters. The number of carbonyl (C=O) groups is 1. The van der Waals surface area contributed by atoms with Crippen molar-refractivity contribution >= 4 is 5.97 Å². The molecule has 0 spiro atoms. The van der Waals surface area contributed by atoms with Crippen molar-refractivity contribution in [3.63, 3.8) is 0 Å². The van der Waals surface area contributed by atoms with Crippen molar-refractivity contribution in [2.45, 2.75) is 37.7 Å². The van der Waals surface area contributed by atoms with Crippen LogP contribution in [0.15, 0.2) is 24.3 Å². The van der Waals surface area contributed by atoms with E-state index in [-0.39, 0.29) is 11.6 Å². The van der Waals surface area contributed by atoms with Gasteiger partial charge in [-0.2, -0.15) is 0 Å².